The number of hydrogen-bond donors (Lipinski definition) is 2. The summed E-state index contributed by atoms with van der Waals surface area (Å²) < 4.78 is 5.14. The third-order valence-corrected chi connectivity index (χ3v) is 2.27. The van der Waals surface area contributed by atoms with Crippen LogP contribution in [0.2, 0.25) is 0 Å². The van der Waals surface area contributed by atoms with Gasteiger partial charge in [-0.25, -0.2) is 4.79 Å². The predicted molar refractivity (Wildman–Crippen MR) is 54.5 cm³/mol. The first-order valence-electron chi connectivity index (χ1n) is 5.00. The van der Waals surface area contributed by atoms with Crippen molar-refractivity contribution in [2.24, 2.45) is 0 Å². The Kier molecular flexibility index (Phi) is 4.36. The maximum atomic E-state index is 11.8. The Morgan fingerprint density at radius 1 is 1.33 bits per heavy atom. The Hall–Kier alpha value is -1.30. The lowest BCUT2D eigenvalue weighted by molar-refractivity contribution is -0.136. The lowest BCUT2D eigenvalue weighted by Gasteiger charge is -2.29. The Labute approximate surface area is 88.9 Å². The van der Waals surface area contributed by atoms with Crippen LogP contribution in [-0.2, 0) is 9.53 Å². The molecule has 1 heterocycles. The zero-order valence-corrected chi connectivity index (χ0v) is 9.08. The number of amides is 3. The van der Waals surface area contributed by atoms with E-state index in [2.05, 4.69) is 10.6 Å². The van der Waals surface area contributed by atoms with E-state index in [1.165, 1.54) is 7.05 Å². The van der Waals surface area contributed by atoms with Gasteiger partial charge in [-0.2, -0.15) is 0 Å². The lowest BCUT2D eigenvalue weighted by Crippen LogP contribution is -2.51. The number of nitrogens with one attached hydrogen (secondary N) is 2. The van der Waals surface area contributed by atoms with E-state index in [1.807, 2.05) is 0 Å². The monoisotopic (exact) mass is 215 g/mol. The predicted octanol–water partition coefficient (Wildman–Crippen LogP) is -0.837. The van der Waals surface area contributed by atoms with E-state index in [4.69, 9.17) is 4.74 Å². The molecule has 1 aliphatic heterocycles. The van der Waals surface area contributed by atoms with E-state index in [0.29, 0.717) is 26.3 Å². The fourth-order valence-electron chi connectivity index (χ4n) is 1.39. The number of urea groups is 1. The number of carbonyl (C=O) groups is 2. The van der Waals surface area contributed by atoms with E-state index in [-0.39, 0.29) is 11.9 Å². The van der Waals surface area contributed by atoms with E-state index >= 15 is 0 Å². The highest BCUT2D eigenvalue weighted by molar-refractivity contribution is 5.86. The summed E-state index contributed by atoms with van der Waals surface area (Å²) in [5.41, 5.74) is 0. The molecule has 0 aromatic rings. The van der Waals surface area contributed by atoms with Crippen molar-refractivity contribution in [2.75, 3.05) is 33.4 Å². The average molecular weight is 215 g/mol. The SMILES string of the molecule is CNC(=O)N[C@@H](C)C(=O)N1CCOCC1. The number of morpholine rings is 1. The quantitative estimate of drug-likeness (QED) is 0.631. The molecule has 1 aliphatic rings. The Bertz CT molecular complexity index is 239. The van der Waals surface area contributed by atoms with Crippen LogP contribution in [0.3, 0.4) is 0 Å². The van der Waals surface area contributed by atoms with Crippen molar-refractivity contribution in [2.45, 2.75) is 13.0 Å². The van der Waals surface area contributed by atoms with E-state index in [0.717, 1.165) is 0 Å². The minimum absolute atomic E-state index is 0.0677. The Morgan fingerprint density at radius 3 is 2.47 bits per heavy atom. The molecule has 15 heavy (non-hydrogen) atoms. The van der Waals surface area contributed by atoms with Gasteiger partial charge < -0.3 is 20.3 Å². The van der Waals surface area contributed by atoms with Crippen LogP contribution in [0.5, 0.6) is 0 Å². The van der Waals surface area contributed by atoms with Crippen molar-refractivity contribution in [3.63, 3.8) is 0 Å². The molecule has 0 radical (unpaired) electrons. The van der Waals surface area contributed by atoms with E-state index in [1.54, 1.807) is 11.8 Å². The van der Waals surface area contributed by atoms with Gasteiger partial charge in [-0.1, -0.05) is 0 Å². The van der Waals surface area contributed by atoms with Gasteiger partial charge in [-0.15, -0.1) is 0 Å². The molecule has 1 rings (SSSR count). The molecule has 0 unspecified atom stereocenters. The molecule has 0 spiro atoms. The highest BCUT2D eigenvalue weighted by Crippen LogP contribution is 2.00. The van der Waals surface area contributed by atoms with Gasteiger partial charge in [0, 0.05) is 20.1 Å². The highest BCUT2D eigenvalue weighted by atomic mass is 16.5. The number of hydrogen-bond acceptors (Lipinski definition) is 3. The fourth-order valence-corrected chi connectivity index (χ4v) is 1.39. The Balaban J connectivity index is 2.40. The van der Waals surface area contributed by atoms with Crippen LogP contribution in [-0.4, -0.2) is 56.2 Å². The molecular weight excluding hydrogens is 198 g/mol. The number of carbonyl (C=O) groups excluding carboxylic acids is 2. The first-order chi connectivity index (χ1) is 7.15. The summed E-state index contributed by atoms with van der Waals surface area (Å²) in [5, 5.41) is 4.95. The average Bonchev–Trinajstić information content (AvgIpc) is 2.29. The molecule has 1 atom stereocenters. The zero-order chi connectivity index (χ0) is 11.3. The van der Waals surface area contributed by atoms with E-state index < -0.39 is 6.04 Å². The molecule has 0 saturated carbocycles. The minimum atomic E-state index is -0.497. The van der Waals surface area contributed by atoms with Crippen molar-refractivity contribution in [1.82, 2.24) is 15.5 Å². The van der Waals surface area contributed by atoms with Gasteiger partial charge in [0.2, 0.25) is 5.91 Å². The largest absolute Gasteiger partial charge is 0.378 e. The molecule has 1 fully saturated rings. The van der Waals surface area contributed by atoms with Crippen molar-refractivity contribution in [3.05, 3.63) is 0 Å². The molecule has 0 aromatic carbocycles. The van der Waals surface area contributed by atoms with Crippen LogP contribution in [0.25, 0.3) is 0 Å². The van der Waals surface area contributed by atoms with Crippen LogP contribution in [0.15, 0.2) is 0 Å². The summed E-state index contributed by atoms with van der Waals surface area (Å²) in [5.74, 6) is -0.0677. The minimum Gasteiger partial charge on any atom is -0.378 e. The number of nitrogens with zero attached hydrogens (tertiary/aromatic N) is 1. The second-order valence-electron chi connectivity index (χ2n) is 3.38. The molecule has 1 saturated heterocycles. The van der Waals surface area contributed by atoms with E-state index in [9.17, 15) is 9.59 Å². The van der Waals surface area contributed by atoms with Gasteiger partial charge in [-0.3, -0.25) is 4.79 Å². The van der Waals surface area contributed by atoms with Gasteiger partial charge in [0.25, 0.3) is 0 Å². The van der Waals surface area contributed by atoms with Gasteiger partial charge in [-0.05, 0) is 6.92 Å². The van der Waals surface area contributed by atoms with Crippen LogP contribution in [0, 0.1) is 0 Å². The molecule has 6 nitrogen and oxygen atoms in total. The molecule has 0 bridgehead atoms. The molecule has 86 valence electrons. The van der Waals surface area contributed by atoms with Crippen LogP contribution in [0.4, 0.5) is 4.79 Å². The molecule has 2 N–H and O–H groups in total. The summed E-state index contributed by atoms with van der Waals surface area (Å²) >= 11 is 0. The molecule has 6 heteroatoms. The van der Waals surface area contributed by atoms with Crippen LogP contribution in [0.1, 0.15) is 6.92 Å². The second kappa shape index (κ2) is 5.55. The fraction of sp³-hybridized carbons (Fsp3) is 0.778. The first-order valence-corrected chi connectivity index (χ1v) is 5.00. The van der Waals surface area contributed by atoms with Gasteiger partial charge in [0.05, 0.1) is 13.2 Å². The summed E-state index contributed by atoms with van der Waals surface area (Å²) in [7, 11) is 1.52. The molecular formula is C9H17N3O3. The van der Waals surface area contributed by atoms with Crippen LogP contribution >= 0.6 is 0 Å². The van der Waals surface area contributed by atoms with Gasteiger partial charge in [0.15, 0.2) is 0 Å². The second-order valence-corrected chi connectivity index (χ2v) is 3.38. The normalized spacial score (nSPS) is 18.1. The summed E-state index contributed by atoms with van der Waals surface area (Å²) in [6, 6.07) is -0.841. The highest BCUT2D eigenvalue weighted by Gasteiger charge is 2.23. The van der Waals surface area contributed by atoms with Gasteiger partial charge in [0.1, 0.15) is 6.04 Å². The molecule has 0 aliphatic carbocycles. The standard InChI is InChI=1S/C9H17N3O3/c1-7(11-9(14)10-2)8(13)12-3-5-15-6-4-12/h7H,3-6H2,1-2H3,(H2,10,11,14)/t7-/m0/s1. The number of rotatable bonds is 2. The summed E-state index contributed by atoms with van der Waals surface area (Å²) in [6.45, 7) is 4.00. The van der Waals surface area contributed by atoms with Crippen molar-refractivity contribution in [1.29, 1.82) is 0 Å². The van der Waals surface area contributed by atoms with Gasteiger partial charge >= 0.3 is 6.03 Å². The van der Waals surface area contributed by atoms with Crippen molar-refractivity contribution < 1.29 is 14.3 Å². The maximum Gasteiger partial charge on any atom is 0.315 e. The summed E-state index contributed by atoms with van der Waals surface area (Å²) in [6.07, 6.45) is 0. The lowest BCUT2D eigenvalue weighted by atomic mass is 10.2. The number of ether oxygens (including phenoxy) is 1. The maximum absolute atomic E-state index is 11.8. The third-order valence-electron chi connectivity index (χ3n) is 2.27. The van der Waals surface area contributed by atoms with Crippen LogP contribution < -0.4 is 10.6 Å². The topological polar surface area (TPSA) is 70.7 Å². The van der Waals surface area contributed by atoms with Crippen molar-refractivity contribution >= 4 is 11.9 Å². The molecule has 3 amide bonds. The third kappa shape index (κ3) is 3.39. The smallest absolute Gasteiger partial charge is 0.315 e. The van der Waals surface area contributed by atoms with Crippen molar-refractivity contribution in [3.8, 4) is 0 Å². The molecule has 0 aromatic heterocycles. The first kappa shape index (κ1) is 11.8. The summed E-state index contributed by atoms with van der Waals surface area (Å²) in [4.78, 5) is 24.5. The zero-order valence-electron chi connectivity index (χ0n) is 9.08. The Morgan fingerprint density at radius 2 is 1.93 bits per heavy atom.